The number of carbonyl (C=O) groups excluding carboxylic acids is 1. The number of carbonyl (C=O) groups is 2. The number of ketones is 1. The summed E-state index contributed by atoms with van der Waals surface area (Å²) >= 11 is 0. The van der Waals surface area contributed by atoms with Crippen molar-refractivity contribution in [1.29, 1.82) is 0 Å². The number of carboxylic acids is 1. The SMILES string of the molecule is CC(=O)c1ccc(-n2ccc(-c3ccc(C(=O)O)cc3)n2)cc1. The summed E-state index contributed by atoms with van der Waals surface area (Å²) < 4.78 is 1.71. The number of hydrogen-bond acceptors (Lipinski definition) is 3. The molecule has 23 heavy (non-hydrogen) atoms. The Labute approximate surface area is 132 Å². The molecule has 1 heterocycles. The van der Waals surface area contributed by atoms with E-state index < -0.39 is 5.97 Å². The highest BCUT2D eigenvalue weighted by Gasteiger charge is 2.07. The van der Waals surface area contributed by atoms with E-state index in [0.29, 0.717) is 5.56 Å². The zero-order valence-corrected chi connectivity index (χ0v) is 12.4. The van der Waals surface area contributed by atoms with Gasteiger partial charge in [0.05, 0.1) is 16.9 Å². The first kappa shape index (κ1) is 14.7. The average molecular weight is 306 g/mol. The maximum absolute atomic E-state index is 11.3. The number of Topliss-reactive ketones (excluding diaryl/α,β-unsaturated/α-hetero) is 1. The van der Waals surface area contributed by atoms with Crippen molar-refractivity contribution >= 4 is 11.8 Å². The van der Waals surface area contributed by atoms with Gasteiger partial charge in [0.15, 0.2) is 5.78 Å². The fourth-order valence-electron chi connectivity index (χ4n) is 2.25. The average Bonchev–Trinajstić information content (AvgIpc) is 3.05. The minimum absolute atomic E-state index is 0.0243. The van der Waals surface area contributed by atoms with E-state index in [9.17, 15) is 9.59 Å². The molecule has 0 saturated carbocycles. The van der Waals surface area contributed by atoms with Crippen molar-refractivity contribution in [3.05, 3.63) is 71.9 Å². The largest absolute Gasteiger partial charge is 0.478 e. The molecule has 5 heteroatoms. The van der Waals surface area contributed by atoms with Gasteiger partial charge in [-0.2, -0.15) is 5.10 Å². The Morgan fingerprint density at radius 2 is 1.52 bits per heavy atom. The molecule has 0 unspecified atom stereocenters. The first-order valence-corrected chi connectivity index (χ1v) is 7.05. The smallest absolute Gasteiger partial charge is 0.335 e. The van der Waals surface area contributed by atoms with Gasteiger partial charge >= 0.3 is 5.97 Å². The molecule has 1 aromatic heterocycles. The van der Waals surface area contributed by atoms with Crippen LogP contribution in [0.5, 0.6) is 0 Å². The molecule has 0 bridgehead atoms. The van der Waals surface area contributed by atoms with Gasteiger partial charge in [-0.1, -0.05) is 12.1 Å². The van der Waals surface area contributed by atoms with Gasteiger partial charge in [-0.15, -0.1) is 0 Å². The van der Waals surface area contributed by atoms with Gasteiger partial charge in [-0.3, -0.25) is 4.79 Å². The molecule has 0 amide bonds. The van der Waals surface area contributed by atoms with Gasteiger partial charge in [0.25, 0.3) is 0 Å². The van der Waals surface area contributed by atoms with Crippen LogP contribution in [-0.2, 0) is 0 Å². The lowest BCUT2D eigenvalue weighted by molar-refractivity contribution is 0.0696. The van der Waals surface area contributed by atoms with Gasteiger partial charge in [0.1, 0.15) is 0 Å². The van der Waals surface area contributed by atoms with Crippen molar-refractivity contribution in [2.24, 2.45) is 0 Å². The first-order valence-electron chi connectivity index (χ1n) is 7.05. The number of carboxylic acid groups (broad SMARTS) is 1. The van der Waals surface area contributed by atoms with Gasteiger partial charge in [-0.05, 0) is 49.4 Å². The van der Waals surface area contributed by atoms with Gasteiger partial charge in [0.2, 0.25) is 0 Å². The van der Waals surface area contributed by atoms with Crippen LogP contribution in [0.3, 0.4) is 0 Å². The lowest BCUT2D eigenvalue weighted by atomic mass is 10.1. The Morgan fingerprint density at radius 3 is 2.09 bits per heavy atom. The molecule has 2 aromatic carbocycles. The van der Waals surface area contributed by atoms with Gasteiger partial charge in [-0.25, -0.2) is 9.48 Å². The Balaban J connectivity index is 1.87. The zero-order valence-electron chi connectivity index (χ0n) is 12.4. The van der Waals surface area contributed by atoms with Crippen LogP contribution in [0.4, 0.5) is 0 Å². The van der Waals surface area contributed by atoms with Gasteiger partial charge < -0.3 is 5.11 Å². The Bertz CT molecular complexity index is 790. The Hall–Kier alpha value is -3.21. The molecule has 114 valence electrons. The van der Waals surface area contributed by atoms with E-state index in [1.807, 2.05) is 24.4 Å². The third-order valence-corrected chi connectivity index (χ3v) is 3.56. The molecule has 0 saturated heterocycles. The topological polar surface area (TPSA) is 72.2 Å². The van der Waals surface area contributed by atoms with Crippen molar-refractivity contribution in [2.45, 2.75) is 6.92 Å². The van der Waals surface area contributed by atoms with Crippen molar-refractivity contribution < 1.29 is 14.7 Å². The predicted molar refractivity (Wildman–Crippen MR) is 86.0 cm³/mol. The second-order valence-corrected chi connectivity index (χ2v) is 5.13. The predicted octanol–water partition coefficient (Wildman–Crippen LogP) is 3.44. The monoisotopic (exact) mass is 306 g/mol. The highest BCUT2D eigenvalue weighted by Crippen LogP contribution is 2.19. The van der Waals surface area contributed by atoms with Crippen LogP contribution >= 0.6 is 0 Å². The Morgan fingerprint density at radius 1 is 0.913 bits per heavy atom. The minimum atomic E-state index is -0.951. The van der Waals surface area contributed by atoms with Crippen LogP contribution < -0.4 is 0 Å². The summed E-state index contributed by atoms with van der Waals surface area (Å²) in [5.74, 6) is -0.927. The molecule has 0 aliphatic carbocycles. The third kappa shape index (κ3) is 3.03. The van der Waals surface area contributed by atoms with Gasteiger partial charge in [0, 0.05) is 17.3 Å². The van der Waals surface area contributed by atoms with E-state index in [0.717, 1.165) is 16.9 Å². The minimum Gasteiger partial charge on any atom is -0.478 e. The fraction of sp³-hybridized carbons (Fsp3) is 0.0556. The summed E-state index contributed by atoms with van der Waals surface area (Å²) in [7, 11) is 0. The van der Waals surface area contributed by atoms with Crippen LogP contribution in [-0.4, -0.2) is 26.6 Å². The number of nitrogens with zero attached hydrogens (tertiary/aromatic N) is 2. The number of aromatic carboxylic acids is 1. The molecule has 0 spiro atoms. The summed E-state index contributed by atoms with van der Waals surface area (Å²) in [5.41, 5.74) is 3.34. The highest BCUT2D eigenvalue weighted by molar-refractivity contribution is 5.94. The van der Waals surface area contributed by atoms with E-state index in [1.165, 1.54) is 6.92 Å². The van der Waals surface area contributed by atoms with E-state index in [2.05, 4.69) is 5.10 Å². The summed E-state index contributed by atoms with van der Waals surface area (Å²) in [6, 6.07) is 15.6. The van der Waals surface area contributed by atoms with Crippen LogP contribution in [0.1, 0.15) is 27.6 Å². The van der Waals surface area contributed by atoms with E-state index in [1.54, 1.807) is 41.1 Å². The first-order chi connectivity index (χ1) is 11.0. The van der Waals surface area contributed by atoms with Crippen molar-refractivity contribution in [3.63, 3.8) is 0 Å². The van der Waals surface area contributed by atoms with Crippen molar-refractivity contribution in [1.82, 2.24) is 9.78 Å². The van der Waals surface area contributed by atoms with Crippen molar-refractivity contribution in [3.8, 4) is 16.9 Å². The molecule has 0 radical (unpaired) electrons. The number of aromatic nitrogens is 2. The van der Waals surface area contributed by atoms with Crippen LogP contribution in [0, 0.1) is 0 Å². The molecule has 0 atom stereocenters. The number of benzene rings is 2. The van der Waals surface area contributed by atoms with E-state index >= 15 is 0 Å². The van der Waals surface area contributed by atoms with Crippen LogP contribution in [0.25, 0.3) is 16.9 Å². The second kappa shape index (κ2) is 5.88. The summed E-state index contributed by atoms with van der Waals surface area (Å²) in [6.07, 6.45) is 1.82. The second-order valence-electron chi connectivity index (χ2n) is 5.13. The standard InChI is InChI=1S/C18H14N2O3/c1-12(21)13-6-8-16(9-7-13)20-11-10-17(19-20)14-2-4-15(5-3-14)18(22)23/h2-11H,1H3,(H,22,23). The molecule has 0 fully saturated rings. The summed E-state index contributed by atoms with van der Waals surface area (Å²) in [4.78, 5) is 22.2. The fourth-order valence-corrected chi connectivity index (χ4v) is 2.25. The maximum atomic E-state index is 11.3. The molecule has 3 aromatic rings. The number of rotatable bonds is 4. The molecular formula is C18H14N2O3. The molecular weight excluding hydrogens is 292 g/mol. The van der Waals surface area contributed by atoms with E-state index in [4.69, 9.17) is 5.11 Å². The maximum Gasteiger partial charge on any atom is 0.335 e. The highest BCUT2D eigenvalue weighted by atomic mass is 16.4. The third-order valence-electron chi connectivity index (χ3n) is 3.56. The number of hydrogen-bond donors (Lipinski definition) is 1. The quantitative estimate of drug-likeness (QED) is 0.749. The lowest BCUT2D eigenvalue weighted by Crippen LogP contribution is -1.97. The molecule has 5 nitrogen and oxygen atoms in total. The molecule has 0 aliphatic heterocycles. The van der Waals surface area contributed by atoms with Crippen molar-refractivity contribution in [2.75, 3.05) is 0 Å². The van der Waals surface area contributed by atoms with Crippen LogP contribution in [0.15, 0.2) is 60.8 Å². The Kier molecular flexibility index (Phi) is 3.76. The molecule has 3 rings (SSSR count). The van der Waals surface area contributed by atoms with E-state index in [-0.39, 0.29) is 11.3 Å². The van der Waals surface area contributed by atoms with Crippen LogP contribution in [0.2, 0.25) is 0 Å². The normalized spacial score (nSPS) is 10.5. The summed E-state index contributed by atoms with van der Waals surface area (Å²) in [5, 5.41) is 13.4. The molecule has 0 aliphatic rings. The lowest BCUT2D eigenvalue weighted by Gasteiger charge is -2.02. The zero-order chi connectivity index (χ0) is 16.4. The molecule has 1 N–H and O–H groups in total. The summed E-state index contributed by atoms with van der Waals surface area (Å²) in [6.45, 7) is 1.53.